The van der Waals surface area contributed by atoms with Crippen molar-refractivity contribution < 1.29 is 107 Å². The quantitative estimate of drug-likeness (QED) is 0.0429. The van der Waals surface area contributed by atoms with Crippen LogP contribution in [0.25, 0.3) is 0 Å². The maximum Gasteiger partial charge on any atom is 1.00 e. The number of hydrogen-bond donors (Lipinski definition) is 2. The van der Waals surface area contributed by atoms with Crippen LogP contribution in [0.2, 0.25) is 0 Å². The summed E-state index contributed by atoms with van der Waals surface area (Å²) in [6, 6.07) is 23.7. The van der Waals surface area contributed by atoms with Gasteiger partial charge in [0.15, 0.2) is 0 Å². The molecule has 2 atom stereocenters. The minimum absolute atomic E-state index is 0. The van der Waals surface area contributed by atoms with E-state index in [4.69, 9.17) is 21.7 Å². The van der Waals surface area contributed by atoms with Crippen molar-refractivity contribution in [3.8, 4) is 11.5 Å². The van der Waals surface area contributed by atoms with Gasteiger partial charge < -0.3 is 34.3 Å². The average molecular weight is 1220 g/mol. The molecule has 0 saturated carbocycles. The number of sulfone groups is 2. The number of carboxylic acid groups (broad SMARTS) is 2. The van der Waals surface area contributed by atoms with Crippen LogP contribution in [0.1, 0.15) is 181 Å². The molecule has 0 aliphatic carbocycles. The molecule has 2 unspecified atom stereocenters. The summed E-state index contributed by atoms with van der Waals surface area (Å²) in [5.41, 5.74) is -6.32. The number of benzene rings is 4. The number of phenolic OH excluding ortho intramolecular Hbond substituents is 1. The summed E-state index contributed by atoms with van der Waals surface area (Å²) >= 11 is 6.52. The SMILES string of the molecule is CC(C)C.CCOC(=S)SC(C)(C)C(C)(C(=O)[O-])C(C)(C)C(C)(C)C(C)(CC(C)(C)Cc1cc(O)ccc1S(=O)(=O)c1ccc(C(C)(C)C(C)(C)Oc2ccc(S(=O)(=O)c3ccc(C(C)C)cc3)cc2)cc1)C(=O)O.[CH2-]OC(C)C.[K+]. The zero-order valence-corrected chi connectivity index (χ0v) is 59.2. The molecule has 4 rings (SSSR count). The first-order chi connectivity index (χ1) is 36.2. The smallest absolute Gasteiger partial charge is 0.553 e. The van der Waals surface area contributed by atoms with Gasteiger partial charge in [-0.05, 0) is 192 Å². The molecule has 448 valence electrons. The summed E-state index contributed by atoms with van der Waals surface area (Å²) in [5, 5.41) is 35.4. The van der Waals surface area contributed by atoms with Crippen LogP contribution in [0.4, 0.5) is 0 Å². The van der Waals surface area contributed by atoms with E-state index in [0.29, 0.717) is 12.4 Å². The summed E-state index contributed by atoms with van der Waals surface area (Å²) < 4.78 is 71.7. The van der Waals surface area contributed by atoms with Crippen molar-refractivity contribution in [2.24, 2.45) is 33.0 Å². The number of ether oxygens (including phenoxy) is 3. The molecule has 0 aliphatic heterocycles. The Hall–Kier alpha value is -2.84. The Bertz CT molecular complexity index is 2960. The topological polar surface area (TPSA) is 194 Å². The van der Waals surface area contributed by atoms with Crippen molar-refractivity contribution in [3.63, 3.8) is 0 Å². The molecule has 0 saturated heterocycles. The summed E-state index contributed by atoms with van der Waals surface area (Å²) in [4.78, 5) is 27.4. The molecule has 0 fully saturated rings. The fourth-order valence-electron chi connectivity index (χ4n) is 9.89. The van der Waals surface area contributed by atoms with Crippen LogP contribution >= 0.6 is 24.0 Å². The Morgan fingerprint density at radius 1 is 0.691 bits per heavy atom. The van der Waals surface area contributed by atoms with Crippen LogP contribution in [-0.2, 0) is 50.6 Å². The molecule has 0 bridgehead atoms. The van der Waals surface area contributed by atoms with E-state index in [1.54, 1.807) is 98.7 Å². The van der Waals surface area contributed by atoms with E-state index in [-0.39, 0.29) is 112 Å². The van der Waals surface area contributed by atoms with Crippen LogP contribution < -0.4 is 61.2 Å². The van der Waals surface area contributed by atoms with Gasteiger partial charge in [0.05, 0.1) is 31.6 Å². The Morgan fingerprint density at radius 2 is 1.12 bits per heavy atom. The number of rotatable bonds is 22. The van der Waals surface area contributed by atoms with E-state index in [0.717, 1.165) is 28.8 Å². The number of aliphatic carboxylic acids is 2. The van der Waals surface area contributed by atoms with E-state index in [1.165, 1.54) is 42.5 Å². The summed E-state index contributed by atoms with van der Waals surface area (Å²) in [6.45, 7) is 41.6. The van der Waals surface area contributed by atoms with Crippen molar-refractivity contribution in [3.05, 3.63) is 115 Å². The van der Waals surface area contributed by atoms with Gasteiger partial charge in [-0.1, -0.05) is 133 Å². The Balaban J connectivity index is 0.00000303. The first-order valence-corrected chi connectivity index (χ1v) is 31.4. The molecule has 2 N–H and O–H groups in total. The fourth-order valence-corrected chi connectivity index (χ4v) is 14.5. The molecule has 0 aliphatic rings. The molecule has 12 nitrogen and oxygen atoms in total. The molecule has 0 aromatic heterocycles. The molecule has 17 heteroatoms. The first kappa shape index (κ1) is 76.2. The number of carboxylic acids is 2. The second-order valence-corrected chi connectivity index (χ2v) is 31.9. The largest absolute Gasteiger partial charge is 1.00 e. The van der Waals surface area contributed by atoms with E-state index in [2.05, 4.69) is 32.6 Å². The van der Waals surface area contributed by atoms with Crippen molar-refractivity contribution in [2.75, 3.05) is 6.61 Å². The normalized spacial score (nSPS) is 14.3. The van der Waals surface area contributed by atoms with Crippen molar-refractivity contribution in [1.29, 1.82) is 0 Å². The summed E-state index contributed by atoms with van der Waals surface area (Å²) in [5.74, 6) is -1.15. The van der Waals surface area contributed by atoms with Crippen LogP contribution in [-0.4, -0.2) is 66.4 Å². The van der Waals surface area contributed by atoms with Crippen molar-refractivity contribution in [1.82, 2.24) is 0 Å². The maximum atomic E-state index is 14.6. The first-order valence-electron chi connectivity index (χ1n) is 27.2. The van der Waals surface area contributed by atoms with Crippen molar-refractivity contribution >= 4 is 60.0 Å². The minimum atomic E-state index is -4.22. The molecule has 0 radical (unpaired) electrons. The third-order valence-corrected chi connectivity index (χ3v) is 22.0. The molecule has 4 aromatic carbocycles. The number of thiocarbonyl (C=S) groups is 1. The second kappa shape index (κ2) is 29.0. The molecular formula is C64H94KO12S4-. The van der Waals surface area contributed by atoms with Gasteiger partial charge in [0.1, 0.15) is 17.1 Å². The average Bonchev–Trinajstić information content (AvgIpc) is 3.32. The molecular weight excluding hydrogens is 1130 g/mol. The van der Waals surface area contributed by atoms with Gasteiger partial charge in [-0.25, -0.2) is 23.9 Å². The van der Waals surface area contributed by atoms with Gasteiger partial charge in [0.2, 0.25) is 24.1 Å². The van der Waals surface area contributed by atoms with Gasteiger partial charge in [0, 0.05) is 27.7 Å². The van der Waals surface area contributed by atoms with Gasteiger partial charge in [-0.3, -0.25) is 4.79 Å². The Morgan fingerprint density at radius 3 is 1.53 bits per heavy atom. The zero-order valence-electron chi connectivity index (χ0n) is 52.8. The van der Waals surface area contributed by atoms with Gasteiger partial charge in [0.25, 0.3) is 0 Å². The van der Waals surface area contributed by atoms with Gasteiger partial charge >= 0.3 is 57.4 Å². The summed E-state index contributed by atoms with van der Waals surface area (Å²) in [6.07, 6.45) is 0.286. The Labute approximate surface area is 540 Å². The standard InChI is InChI=1S/C56H76O11S4.C4H9O.C4H10.K/c1-18-66-48(68)69-54(14,15)56(17,47(60)61)52(10,11)51(8,9)55(16,46(58)59)35-49(4,5)34-38-33-40(57)23-32-45(38)71(64,65)44-28-21-39(22-29-44)50(6,7)53(12,13)67-41-24-30-43(31-25-41)70(62,63)42-26-19-37(20-27-42)36(2)3;1-4(2)5-3;1-4(2)3;/h19-33,36,57H,18,34-35H2,1-17H3,(H,58,59)(H,60,61);4H,3H2,1-2H3;4H,1-3H3;/q;-1;;+1/p-1. The van der Waals surface area contributed by atoms with Gasteiger partial charge in [-0.15, -0.1) is 0 Å². The molecule has 81 heavy (non-hydrogen) atoms. The third kappa shape index (κ3) is 17.6. The van der Waals surface area contributed by atoms with E-state index >= 15 is 0 Å². The maximum absolute atomic E-state index is 14.6. The fraction of sp³-hybridized carbons (Fsp3) is 0.562. The number of carbonyl (C=O) groups is 2. The predicted molar refractivity (Wildman–Crippen MR) is 327 cm³/mol. The second-order valence-electron chi connectivity index (χ2n) is 25.8. The van der Waals surface area contributed by atoms with Crippen molar-refractivity contribution in [2.45, 2.75) is 213 Å². The number of hydrogen-bond acceptors (Lipinski definition) is 13. The van der Waals surface area contributed by atoms with Crippen LogP contribution in [0, 0.1) is 40.1 Å². The number of thioether (sulfide) groups is 1. The number of aromatic hydroxyl groups is 1. The minimum Gasteiger partial charge on any atom is -0.553 e. The zero-order chi connectivity index (χ0) is 62.2. The van der Waals surface area contributed by atoms with Crippen LogP contribution in [0.5, 0.6) is 11.5 Å². The third-order valence-electron chi connectivity index (χ3n) is 16.8. The predicted octanol–water partition coefficient (Wildman–Crippen LogP) is 11.9. The van der Waals surface area contributed by atoms with E-state index in [9.17, 15) is 41.7 Å². The molecule has 0 amide bonds. The summed E-state index contributed by atoms with van der Waals surface area (Å²) in [7, 11) is -4.80. The van der Waals surface area contributed by atoms with Crippen LogP contribution in [0.3, 0.4) is 0 Å². The Kier molecular flexibility index (Phi) is 27.3. The number of phenols is 1. The van der Waals surface area contributed by atoms with Crippen LogP contribution in [0.15, 0.2) is 111 Å². The molecule has 0 spiro atoms. The van der Waals surface area contributed by atoms with E-state index < -0.39 is 74.5 Å². The molecule has 0 heterocycles. The van der Waals surface area contributed by atoms with E-state index in [1.807, 2.05) is 81.4 Å². The van der Waals surface area contributed by atoms with Gasteiger partial charge in [-0.2, -0.15) is 0 Å². The monoisotopic (exact) mass is 1220 g/mol. The number of carbonyl (C=O) groups excluding carboxylic acids is 1. The molecule has 4 aromatic rings.